The first-order valence-corrected chi connectivity index (χ1v) is 22.6. The van der Waals surface area contributed by atoms with Gasteiger partial charge in [-0.25, -0.2) is 24.1 Å². The highest BCUT2D eigenvalue weighted by atomic mass is 35.5. The van der Waals surface area contributed by atoms with E-state index in [1.165, 1.54) is 64.5 Å². The van der Waals surface area contributed by atoms with Gasteiger partial charge in [0.2, 0.25) is 34.9 Å². The number of benzene rings is 2. The molecule has 3 heterocycles. The van der Waals surface area contributed by atoms with E-state index in [0.29, 0.717) is 18.0 Å². The van der Waals surface area contributed by atoms with Gasteiger partial charge in [-0.15, -0.1) is 0 Å². The topological polar surface area (TPSA) is 320 Å². The highest BCUT2D eigenvalue weighted by Gasteiger charge is 2.32. The standard InChI is InChI=1S/C18H13ClF3NO7.C15H18N6O6S.C8H14ClN5/c1-2-28-16(24)9-29-17(25)12-8-11(4-5-14(12)23(26)27)30-15-6-3-10(7-13(15)19)18(20,21)22;1-21(2)13(22)9-6-5-7-16-12(9)28(24,25)20-15(23)19-14-17-10(26-3)8-11(18-14)27-4;1-4-10-7-12-6(9)13-8(14-7)11-5(2)3/h3-8H,2,9H2,1H3;5-8H,1-4H3,(H2,17,18,19,20,23);5H,4H2,1-3H3,(H2,10,11,12,13,14). The van der Waals surface area contributed by atoms with Crippen molar-refractivity contribution in [3.05, 3.63) is 97.9 Å². The molecule has 0 spiro atoms. The molecule has 31 heteroatoms. The van der Waals surface area contributed by atoms with Crippen molar-refractivity contribution < 1.29 is 69.4 Å². The fraction of sp³-hybridized carbons (Fsp3) is 0.317. The summed E-state index contributed by atoms with van der Waals surface area (Å²) in [6, 6.07) is 8.52. The average Bonchev–Trinajstić information content (AvgIpc) is 3.30. The number of amides is 3. The number of aromatic nitrogens is 6. The summed E-state index contributed by atoms with van der Waals surface area (Å²) in [7, 11) is 1.15. The van der Waals surface area contributed by atoms with Crippen molar-refractivity contribution in [2.75, 3.05) is 64.0 Å². The summed E-state index contributed by atoms with van der Waals surface area (Å²) in [5.74, 6) is -2.02. The van der Waals surface area contributed by atoms with Crippen LogP contribution < -0.4 is 34.9 Å². The van der Waals surface area contributed by atoms with Gasteiger partial charge in [0.25, 0.3) is 21.6 Å². The molecule has 3 aromatic heterocycles. The Morgan fingerprint density at radius 2 is 1.51 bits per heavy atom. The zero-order valence-corrected chi connectivity index (χ0v) is 41.5. The van der Waals surface area contributed by atoms with E-state index in [0.717, 1.165) is 36.9 Å². The summed E-state index contributed by atoms with van der Waals surface area (Å²) in [6.07, 6.45) is -3.42. The Kier molecular flexibility index (Phi) is 21.8. The van der Waals surface area contributed by atoms with Crippen LogP contribution in [0.2, 0.25) is 10.3 Å². The third-order valence-electron chi connectivity index (χ3n) is 8.07. The molecule has 0 saturated heterocycles. The van der Waals surface area contributed by atoms with Crippen molar-refractivity contribution in [2.45, 2.75) is 44.9 Å². The van der Waals surface area contributed by atoms with E-state index in [-0.39, 0.29) is 57.7 Å². The predicted octanol–water partition coefficient (Wildman–Crippen LogP) is 6.66. The van der Waals surface area contributed by atoms with Gasteiger partial charge in [-0.3, -0.25) is 20.2 Å². The molecule has 0 aliphatic rings. The molecular weight excluding hydrogens is 1030 g/mol. The minimum absolute atomic E-state index is 0.0493. The summed E-state index contributed by atoms with van der Waals surface area (Å²) in [5.41, 5.74) is -2.35. The van der Waals surface area contributed by atoms with Crippen molar-refractivity contribution >= 4 is 80.6 Å². The van der Waals surface area contributed by atoms with Gasteiger partial charge < -0.3 is 39.2 Å². The molecule has 25 nitrogen and oxygen atoms in total. The van der Waals surface area contributed by atoms with E-state index in [2.05, 4.69) is 50.6 Å². The lowest BCUT2D eigenvalue weighted by atomic mass is 10.1. The number of nitro benzene ring substituents is 1. The second-order valence-electron chi connectivity index (χ2n) is 14.0. The first-order valence-electron chi connectivity index (χ1n) is 20.4. The number of nitrogens with zero attached hydrogens (tertiary/aromatic N) is 8. The molecular formula is C41H45Cl2F3N12O13S. The van der Waals surface area contributed by atoms with Crippen molar-refractivity contribution in [3.8, 4) is 23.3 Å². The van der Waals surface area contributed by atoms with Crippen LogP contribution in [0, 0.1) is 10.1 Å². The van der Waals surface area contributed by atoms with E-state index in [1.54, 1.807) is 4.72 Å². The Hall–Kier alpha value is -7.92. The number of sulfonamides is 1. The Morgan fingerprint density at radius 1 is 0.861 bits per heavy atom. The Bertz CT molecular complexity index is 2830. The maximum Gasteiger partial charge on any atom is 0.416 e. The predicted molar refractivity (Wildman–Crippen MR) is 251 cm³/mol. The molecule has 4 N–H and O–H groups in total. The van der Waals surface area contributed by atoms with E-state index < -0.39 is 73.4 Å². The van der Waals surface area contributed by atoms with Gasteiger partial charge in [0.15, 0.2) is 11.6 Å². The van der Waals surface area contributed by atoms with Crippen LogP contribution in [0.5, 0.6) is 23.3 Å². The number of halogens is 5. The molecule has 0 aliphatic carbocycles. The normalized spacial score (nSPS) is 10.8. The molecule has 2 aromatic carbocycles. The third-order valence-corrected chi connectivity index (χ3v) is 9.82. The lowest BCUT2D eigenvalue weighted by Gasteiger charge is -2.14. The van der Waals surface area contributed by atoms with Crippen LogP contribution in [0.3, 0.4) is 0 Å². The lowest BCUT2D eigenvalue weighted by molar-refractivity contribution is -0.385. The Labute approximate surface area is 418 Å². The molecule has 0 saturated carbocycles. The van der Waals surface area contributed by atoms with E-state index in [9.17, 15) is 50.9 Å². The van der Waals surface area contributed by atoms with Gasteiger partial charge in [-0.05, 0) is 75.7 Å². The van der Waals surface area contributed by atoms with E-state index >= 15 is 0 Å². The number of hydrogen-bond acceptors (Lipinski definition) is 21. The maximum absolute atomic E-state index is 12.7. The van der Waals surface area contributed by atoms with Crippen LogP contribution in [-0.2, 0) is 30.5 Å². The van der Waals surface area contributed by atoms with E-state index in [4.69, 9.17) is 42.1 Å². The molecule has 0 radical (unpaired) electrons. The van der Waals surface area contributed by atoms with Crippen molar-refractivity contribution in [3.63, 3.8) is 0 Å². The molecule has 0 aliphatic heterocycles. The largest absolute Gasteiger partial charge is 0.481 e. The SMILES string of the molecule is CCNc1nc(Cl)nc(NC(C)C)n1.CCOC(=O)COC(=O)c1cc(Oc2ccc(C(F)(F)F)cc2Cl)ccc1[N+](=O)[O-].COc1cc(OC)nc(NC(=O)NS(=O)(=O)c2ncccc2C(=O)N(C)C)n1. The fourth-order valence-electron chi connectivity index (χ4n) is 5.08. The first-order chi connectivity index (χ1) is 33.8. The minimum atomic E-state index is -4.61. The highest BCUT2D eigenvalue weighted by molar-refractivity contribution is 7.90. The van der Waals surface area contributed by atoms with Gasteiger partial charge in [-0.1, -0.05) is 11.6 Å². The highest BCUT2D eigenvalue weighted by Crippen LogP contribution is 2.37. The first kappa shape index (κ1) is 58.4. The van der Waals surface area contributed by atoms with Crippen molar-refractivity contribution in [1.29, 1.82) is 0 Å². The van der Waals surface area contributed by atoms with Gasteiger partial charge in [0, 0.05) is 45.0 Å². The fourth-order valence-corrected chi connectivity index (χ4v) is 6.49. The van der Waals surface area contributed by atoms with Gasteiger partial charge in [0.05, 0.1) is 48.0 Å². The zero-order valence-electron chi connectivity index (χ0n) is 39.2. The van der Waals surface area contributed by atoms with Crippen LogP contribution in [0.15, 0.2) is 65.8 Å². The zero-order chi connectivity index (χ0) is 53.9. The summed E-state index contributed by atoms with van der Waals surface area (Å²) in [5, 5.41) is 18.6. The number of carbonyl (C=O) groups is 4. The van der Waals surface area contributed by atoms with Crippen LogP contribution in [-0.4, -0.2) is 126 Å². The average molecular weight is 1070 g/mol. The number of anilines is 3. The van der Waals surface area contributed by atoms with Crippen LogP contribution in [0.4, 0.5) is 41.5 Å². The number of pyridine rings is 1. The quantitative estimate of drug-likeness (QED) is 0.0430. The van der Waals surface area contributed by atoms with Crippen LogP contribution in [0.1, 0.15) is 54.0 Å². The Balaban J connectivity index is 0.000000303. The number of nitro groups is 1. The number of alkyl halides is 3. The number of esters is 2. The molecule has 72 heavy (non-hydrogen) atoms. The number of urea groups is 1. The molecule has 0 atom stereocenters. The van der Waals surface area contributed by atoms with Crippen LogP contribution >= 0.6 is 23.2 Å². The number of methoxy groups -OCH3 is 2. The molecule has 5 aromatic rings. The summed E-state index contributed by atoms with van der Waals surface area (Å²) in [4.78, 5) is 82.7. The van der Waals surface area contributed by atoms with E-state index in [1.807, 2.05) is 20.8 Å². The molecule has 0 unspecified atom stereocenters. The third kappa shape index (κ3) is 18.1. The van der Waals surface area contributed by atoms with Crippen molar-refractivity contribution in [2.24, 2.45) is 0 Å². The number of nitrogens with one attached hydrogen (secondary N) is 4. The molecule has 0 fully saturated rings. The second-order valence-corrected chi connectivity index (χ2v) is 16.4. The van der Waals surface area contributed by atoms with Crippen LogP contribution in [0.25, 0.3) is 0 Å². The lowest BCUT2D eigenvalue weighted by Crippen LogP contribution is -2.36. The summed E-state index contributed by atoms with van der Waals surface area (Å²) in [6.45, 7) is 7.55. The van der Waals surface area contributed by atoms with Gasteiger partial charge in [0.1, 0.15) is 17.1 Å². The molecule has 5 rings (SSSR count). The monoisotopic (exact) mass is 1070 g/mol. The maximum atomic E-state index is 12.7. The number of rotatable bonds is 17. The smallest absolute Gasteiger partial charge is 0.416 e. The summed E-state index contributed by atoms with van der Waals surface area (Å²) < 4.78 is 89.5. The number of ether oxygens (including phenoxy) is 5. The van der Waals surface area contributed by atoms with Gasteiger partial charge >= 0.3 is 24.1 Å². The molecule has 3 amide bonds. The van der Waals surface area contributed by atoms with Crippen molar-refractivity contribution in [1.82, 2.24) is 39.5 Å². The Morgan fingerprint density at radius 3 is 2.07 bits per heavy atom. The number of hydrogen-bond donors (Lipinski definition) is 4. The molecule has 0 bridgehead atoms. The minimum Gasteiger partial charge on any atom is -0.481 e. The second kappa shape index (κ2) is 26.9. The van der Waals surface area contributed by atoms with Gasteiger partial charge in [-0.2, -0.15) is 46.5 Å². The summed E-state index contributed by atoms with van der Waals surface area (Å²) >= 11 is 11.5. The number of carbonyl (C=O) groups excluding carboxylic acids is 4. The molecule has 388 valence electrons.